The van der Waals surface area contributed by atoms with Crippen LogP contribution < -0.4 is 20.1 Å². The zero-order valence-electron chi connectivity index (χ0n) is 17.7. The van der Waals surface area contributed by atoms with Crippen molar-refractivity contribution >= 4 is 39.1 Å². The molecular weight excluding hydrogens is 466 g/mol. The highest BCUT2D eigenvalue weighted by Gasteiger charge is 2.15. The predicted molar refractivity (Wildman–Crippen MR) is 126 cm³/mol. The second-order valence-corrected chi connectivity index (χ2v) is 9.06. The molecule has 10 heteroatoms. The molecule has 3 aromatic carbocycles. The number of sulfonamides is 1. The number of hydrogen-bond donors (Lipinski definition) is 3. The van der Waals surface area contributed by atoms with Crippen LogP contribution in [0.25, 0.3) is 0 Å². The molecular formula is C23H22ClN3O5S. The van der Waals surface area contributed by atoms with E-state index in [0.29, 0.717) is 17.3 Å². The van der Waals surface area contributed by atoms with Crippen molar-refractivity contribution in [1.29, 1.82) is 0 Å². The molecule has 0 saturated carbocycles. The second kappa shape index (κ2) is 10.8. The minimum atomic E-state index is -3.83. The SMILES string of the molecule is COc1ccc(CNC(=O)CNC(=O)c2ccc(S(=O)(=O)Nc3ccc(Cl)cc3)cc2)cc1. The Balaban J connectivity index is 1.50. The predicted octanol–water partition coefficient (Wildman–Crippen LogP) is 3.20. The average Bonchev–Trinajstić information content (AvgIpc) is 2.83. The molecule has 0 aliphatic heterocycles. The number of carbonyl (C=O) groups is 2. The summed E-state index contributed by atoms with van der Waals surface area (Å²) < 4.78 is 32.5. The maximum atomic E-state index is 12.5. The Morgan fingerprint density at radius 1 is 0.879 bits per heavy atom. The van der Waals surface area contributed by atoms with E-state index in [1.54, 1.807) is 43.5 Å². The number of carbonyl (C=O) groups excluding carboxylic acids is 2. The molecule has 33 heavy (non-hydrogen) atoms. The van der Waals surface area contributed by atoms with Crippen molar-refractivity contribution in [1.82, 2.24) is 10.6 Å². The maximum absolute atomic E-state index is 12.5. The lowest BCUT2D eigenvalue weighted by atomic mass is 10.2. The van der Waals surface area contributed by atoms with Crippen molar-refractivity contribution in [3.8, 4) is 5.75 Å². The molecule has 2 amide bonds. The zero-order valence-corrected chi connectivity index (χ0v) is 19.2. The highest BCUT2D eigenvalue weighted by Crippen LogP contribution is 2.19. The summed E-state index contributed by atoms with van der Waals surface area (Å²) in [5.74, 6) is -0.133. The number of ether oxygens (including phenoxy) is 1. The van der Waals surface area contributed by atoms with Gasteiger partial charge in [0, 0.05) is 22.8 Å². The van der Waals surface area contributed by atoms with E-state index in [0.717, 1.165) is 11.3 Å². The summed E-state index contributed by atoms with van der Waals surface area (Å²) in [6.45, 7) is 0.0963. The Morgan fingerprint density at radius 3 is 2.12 bits per heavy atom. The molecule has 3 N–H and O–H groups in total. The highest BCUT2D eigenvalue weighted by molar-refractivity contribution is 7.92. The van der Waals surface area contributed by atoms with Gasteiger partial charge in [0.2, 0.25) is 5.91 Å². The molecule has 3 rings (SSSR count). The fourth-order valence-corrected chi connectivity index (χ4v) is 3.97. The first-order chi connectivity index (χ1) is 15.8. The summed E-state index contributed by atoms with van der Waals surface area (Å²) >= 11 is 5.80. The van der Waals surface area contributed by atoms with Crippen LogP contribution in [-0.4, -0.2) is 33.9 Å². The van der Waals surface area contributed by atoms with E-state index in [2.05, 4.69) is 15.4 Å². The Hall–Kier alpha value is -3.56. The lowest BCUT2D eigenvalue weighted by Crippen LogP contribution is -2.36. The monoisotopic (exact) mass is 487 g/mol. The largest absolute Gasteiger partial charge is 0.497 e. The van der Waals surface area contributed by atoms with Crippen molar-refractivity contribution in [2.45, 2.75) is 11.4 Å². The zero-order chi connectivity index (χ0) is 23.8. The van der Waals surface area contributed by atoms with Gasteiger partial charge < -0.3 is 15.4 Å². The standard InChI is InChI=1S/C23H22ClN3O5S/c1-32-20-10-2-16(3-11-20)14-25-22(28)15-26-23(29)17-4-12-21(13-5-17)33(30,31)27-19-8-6-18(24)7-9-19/h2-13,27H,14-15H2,1H3,(H,25,28)(H,26,29). The van der Waals surface area contributed by atoms with Gasteiger partial charge in [-0.2, -0.15) is 0 Å². The molecule has 0 aliphatic rings. The van der Waals surface area contributed by atoms with E-state index in [1.165, 1.54) is 24.3 Å². The van der Waals surface area contributed by atoms with Gasteiger partial charge in [-0.15, -0.1) is 0 Å². The van der Waals surface area contributed by atoms with Gasteiger partial charge in [0.05, 0.1) is 18.6 Å². The van der Waals surface area contributed by atoms with Crippen LogP contribution in [0.5, 0.6) is 5.75 Å². The summed E-state index contributed by atoms with van der Waals surface area (Å²) in [5.41, 5.74) is 1.48. The van der Waals surface area contributed by atoms with Crippen LogP contribution in [-0.2, 0) is 21.4 Å². The Bertz CT molecular complexity index is 1210. The van der Waals surface area contributed by atoms with Gasteiger partial charge in [0.1, 0.15) is 5.75 Å². The number of rotatable bonds is 9. The lowest BCUT2D eigenvalue weighted by Gasteiger charge is -2.10. The average molecular weight is 488 g/mol. The van der Waals surface area contributed by atoms with E-state index in [4.69, 9.17) is 16.3 Å². The quantitative estimate of drug-likeness (QED) is 0.429. The van der Waals surface area contributed by atoms with Gasteiger partial charge in [0.15, 0.2) is 0 Å². The van der Waals surface area contributed by atoms with E-state index < -0.39 is 15.9 Å². The number of methoxy groups -OCH3 is 1. The van der Waals surface area contributed by atoms with Crippen LogP contribution in [0.1, 0.15) is 15.9 Å². The van der Waals surface area contributed by atoms with E-state index in [9.17, 15) is 18.0 Å². The second-order valence-electron chi connectivity index (χ2n) is 6.94. The summed E-state index contributed by atoms with van der Waals surface area (Å²) in [5, 5.41) is 5.71. The van der Waals surface area contributed by atoms with Crippen molar-refractivity contribution in [2.24, 2.45) is 0 Å². The molecule has 0 aliphatic carbocycles. The van der Waals surface area contributed by atoms with Crippen molar-refractivity contribution < 1.29 is 22.7 Å². The minimum Gasteiger partial charge on any atom is -0.497 e. The molecule has 0 heterocycles. The van der Waals surface area contributed by atoms with Gasteiger partial charge in [-0.1, -0.05) is 23.7 Å². The molecule has 0 radical (unpaired) electrons. The maximum Gasteiger partial charge on any atom is 0.261 e. The summed E-state index contributed by atoms with van der Waals surface area (Å²) in [6.07, 6.45) is 0. The fraction of sp³-hybridized carbons (Fsp3) is 0.130. The van der Waals surface area contributed by atoms with Gasteiger partial charge in [-0.25, -0.2) is 8.42 Å². The Labute approximate surface area is 197 Å². The first kappa shape index (κ1) is 24.1. The first-order valence-electron chi connectivity index (χ1n) is 9.83. The van der Waals surface area contributed by atoms with E-state index in [1.807, 2.05) is 12.1 Å². The van der Waals surface area contributed by atoms with Crippen LogP contribution in [0.15, 0.2) is 77.7 Å². The Kier molecular flexibility index (Phi) is 7.92. The van der Waals surface area contributed by atoms with Crippen LogP contribution >= 0.6 is 11.6 Å². The van der Waals surface area contributed by atoms with Gasteiger partial charge in [-0.05, 0) is 66.2 Å². The van der Waals surface area contributed by atoms with Gasteiger partial charge in [-0.3, -0.25) is 14.3 Å². The molecule has 0 atom stereocenters. The molecule has 0 saturated heterocycles. The molecule has 0 aromatic heterocycles. The molecule has 0 bridgehead atoms. The van der Waals surface area contributed by atoms with E-state index >= 15 is 0 Å². The minimum absolute atomic E-state index is 0.00812. The number of hydrogen-bond acceptors (Lipinski definition) is 5. The lowest BCUT2D eigenvalue weighted by molar-refractivity contribution is -0.120. The number of halogens is 1. The fourth-order valence-electron chi connectivity index (χ4n) is 2.79. The van der Waals surface area contributed by atoms with Crippen LogP contribution in [0, 0.1) is 0 Å². The third-order valence-electron chi connectivity index (χ3n) is 4.58. The number of amides is 2. The van der Waals surface area contributed by atoms with Crippen molar-refractivity contribution in [3.05, 3.63) is 88.9 Å². The van der Waals surface area contributed by atoms with Crippen molar-refractivity contribution in [3.63, 3.8) is 0 Å². The van der Waals surface area contributed by atoms with Crippen molar-refractivity contribution in [2.75, 3.05) is 18.4 Å². The first-order valence-corrected chi connectivity index (χ1v) is 11.7. The molecule has 172 valence electrons. The van der Waals surface area contributed by atoms with Crippen LogP contribution in [0.3, 0.4) is 0 Å². The summed E-state index contributed by atoms with van der Waals surface area (Å²) in [6, 6.07) is 18.8. The Morgan fingerprint density at radius 2 is 1.52 bits per heavy atom. The van der Waals surface area contributed by atoms with Gasteiger partial charge in [0.25, 0.3) is 15.9 Å². The molecule has 3 aromatic rings. The van der Waals surface area contributed by atoms with Gasteiger partial charge >= 0.3 is 0 Å². The van der Waals surface area contributed by atoms with E-state index in [-0.39, 0.29) is 22.9 Å². The third-order valence-corrected chi connectivity index (χ3v) is 6.23. The summed E-state index contributed by atoms with van der Waals surface area (Å²) in [4.78, 5) is 24.3. The number of nitrogens with one attached hydrogen (secondary N) is 3. The smallest absolute Gasteiger partial charge is 0.261 e. The number of benzene rings is 3. The molecule has 0 fully saturated rings. The molecule has 0 unspecified atom stereocenters. The molecule has 8 nitrogen and oxygen atoms in total. The highest BCUT2D eigenvalue weighted by atomic mass is 35.5. The van der Waals surface area contributed by atoms with Crippen LogP contribution in [0.2, 0.25) is 5.02 Å². The molecule has 0 spiro atoms. The normalized spacial score (nSPS) is 10.8. The number of anilines is 1. The summed E-state index contributed by atoms with van der Waals surface area (Å²) in [7, 11) is -2.26. The third kappa shape index (κ3) is 6.96. The topological polar surface area (TPSA) is 114 Å². The van der Waals surface area contributed by atoms with Crippen LogP contribution in [0.4, 0.5) is 5.69 Å².